The van der Waals surface area contributed by atoms with Crippen molar-refractivity contribution in [1.29, 1.82) is 0 Å². The van der Waals surface area contributed by atoms with Gasteiger partial charge in [0, 0.05) is 19.5 Å². The maximum Gasteiger partial charge on any atom is 0.191 e. The molecule has 2 rings (SSSR count). The van der Waals surface area contributed by atoms with E-state index in [4.69, 9.17) is 4.42 Å². The van der Waals surface area contributed by atoms with Gasteiger partial charge in [-0.15, -0.1) is 30.6 Å². The predicted octanol–water partition coefficient (Wildman–Crippen LogP) is 3.92. The molecule has 0 saturated heterocycles. The van der Waals surface area contributed by atoms with Crippen LogP contribution in [0.5, 0.6) is 0 Å². The fraction of sp³-hybridized carbons (Fsp3) is 0.278. The van der Waals surface area contributed by atoms with Crippen LogP contribution >= 0.6 is 24.0 Å². The van der Waals surface area contributed by atoms with Crippen LogP contribution in [0.2, 0.25) is 0 Å². The summed E-state index contributed by atoms with van der Waals surface area (Å²) in [5.74, 6) is 1.73. The Morgan fingerprint density at radius 1 is 1.26 bits per heavy atom. The molecule has 0 aliphatic heterocycles. The number of hydrogen-bond donors (Lipinski definition) is 2. The summed E-state index contributed by atoms with van der Waals surface area (Å²) < 4.78 is 5.32. The minimum Gasteiger partial charge on any atom is -0.469 e. The average Bonchev–Trinajstić information content (AvgIpc) is 3.06. The Morgan fingerprint density at radius 2 is 2.04 bits per heavy atom. The highest BCUT2D eigenvalue weighted by Gasteiger charge is 2.07. The molecule has 1 heterocycles. The molecule has 2 aromatic rings. The molecule has 1 unspecified atom stereocenters. The third kappa shape index (κ3) is 6.90. The van der Waals surface area contributed by atoms with Crippen LogP contribution in [0.3, 0.4) is 0 Å². The molecule has 1 atom stereocenters. The first-order chi connectivity index (χ1) is 10.8. The van der Waals surface area contributed by atoms with E-state index < -0.39 is 0 Å². The lowest BCUT2D eigenvalue weighted by Gasteiger charge is -2.18. The summed E-state index contributed by atoms with van der Waals surface area (Å²) in [6.07, 6.45) is 4.29. The maximum atomic E-state index is 5.32. The lowest BCUT2D eigenvalue weighted by molar-refractivity contribution is 0.510. The molecular weight excluding hydrogens is 401 g/mol. The van der Waals surface area contributed by atoms with Crippen molar-refractivity contribution >= 4 is 29.9 Å². The predicted molar refractivity (Wildman–Crippen MR) is 106 cm³/mol. The van der Waals surface area contributed by atoms with Crippen molar-refractivity contribution in [1.82, 2.24) is 10.6 Å². The fourth-order valence-corrected chi connectivity index (χ4v) is 2.08. The Morgan fingerprint density at radius 3 is 2.70 bits per heavy atom. The summed E-state index contributed by atoms with van der Waals surface area (Å²) >= 11 is 0. The van der Waals surface area contributed by atoms with Crippen molar-refractivity contribution < 1.29 is 4.42 Å². The number of hydrogen-bond acceptors (Lipinski definition) is 2. The molecule has 1 aromatic carbocycles. The van der Waals surface area contributed by atoms with Crippen molar-refractivity contribution in [2.45, 2.75) is 19.4 Å². The van der Waals surface area contributed by atoms with E-state index in [1.54, 1.807) is 6.26 Å². The first-order valence-electron chi connectivity index (χ1n) is 7.52. The number of halogens is 1. The quantitative estimate of drug-likeness (QED) is 0.306. The van der Waals surface area contributed by atoms with Crippen LogP contribution in [0.25, 0.3) is 0 Å². The minimum atomic E-state index is 0. The second kappa shape index (κ2) is 10.9. The smallest absolute Gasteiger partial charge is 0.191 e. The molecule has 0 aliphatic rings. The number of nitrogens with one attached hydrogen (secondary N) is 2. The lowest BCUT2D eigenvalue weighted by atomic mass is 10.1. The van der Waals surface area contributed by atoms with E-state index in [1.807, 2.05) is 36.4 Å². The van der Waals surface area contributed by atoms with Gasteiger partial charge >= 0.3 is 0 Å². The largest absolute Gasteiger partial charge is 0.469 e. The zero-order valence-electron chi connectivity index (χ0n) is 13.4. The molecule has 4 nitrogen and oxygen atoms in total. The number of furan rings is 1. The number of guanidine groups is 1. The standard InChI is InChI=1S/C18H23N3O.HI/c1-3-12-19-18(20-13-11-17-10-7-14-22-17)21-15(2)16-8-5-4-6-9-16;/h3-10,14-15H,1,11-13H2,2H3,(H2,19,20,21);1H. The summed E-state index contributed by atoms with van der Waals surface area (Å²) in [6, 6.07) is 14.3. The van der Waals surface area contributed by atoms with Gasteiger partial charge in [-0.25, -0.2) is 0 Å². The van der Waals surface area contributed by atoms with Crippen LogP contribution in [0.4, 0.5) is 0 Å². The third-order valence-corrected chi connectivity index (χ3v) is 3.27. The summed E-state index contributed by atoms with van der Waals surface area (Å²) in [7, 11) is 0. The first kappa shape index (κ1) is 19.3. The van der Waals surface area contributed by atoms with Gasteiger partial charge in [0.15, 0.2) is 5.96 Å². The molecule has 0 aliphatic carbocycles. The van der Waals surface area contributed by atoms with Gasteiger partial charge in [0.1, 0.15) is 5.76 Å². The number of aliphatic imine (C=N–C) groups is 1. The van der Waals surface area contributed by atoms with Crippen LogP contribution in [-0.4, -0.2) is 19.0 Å². The van der Waals surface area contributed by atoms with E-state index in [-0.39, 0.29) is 30.0 Å². The molecule has 0 spiro atoms. The summed E-state index contributed by atoms with van der Waals surface area (Å²) in [5, 5.41) is 6.65. The molecule has 0 radical (unpaired) electrons. The Labute approximate surface area is 155 Å². The molecule has 0 amide bonds. The number of benzene rings is 1. The van der Waals surface area contributed by atoms with Gasteiger partial charge in [0.25, 0.3) is 0 Å². The zero-order chi connectivity index (χ0) is 15.6. The maximum absolute atomic E-state index is 5.32. The van der Waals surface area contributed by atoms with E-state index in [9.17, 15) is 0 Å². The molecule has 2 N–H and O–H groups in total. The Hall–Kier alpha value is -1.76. The van der Waals surface area contributed by atoms with Crippen LogP contribution in [0.15, 0.2) is 70.8 Å². The molecule has 5 heteroatoms. The van der Waals surface area contributed by atoms with E-state index in [2.05, 4.69) is 41.3 Å². The SMILES string of the molecule is C=CCNC(=NCCc1ccco1)NC(C)c1ccccc1.I. The highest BCUT2D eigenvalue weighted by Crippen LogP contribution is 2.10. The van der Waals surface area contributed by atoms with Crippen molar-refractivity contribution in [3.05, 3.63) is 72.7 Å². The van der Waals surface area contributed by atoms with E-state index >= 15 is 0 Å². The van der Waals surface area contributed by atoms with Crippen LogP contribution in [-0.2, 0) is 6.42 Å². The molecule has 23 heavy (non-hydrogen) atoms. The highest BCUT2D eigenvalue weighted by molar-refractivity contribution is 14.0. The number of rotatable bonds is 7. The average molecular weight is 425 g/mol. The summed E-state index contributed by atoms with van der Waals surface area (Å²) in [5.41, 5.74) is 1.22. The second-order valence-corrected chi connectivity index (χ2v) is 5.01. The van der Waals surface area contributed by atoms with E-state index in [0.29, 0.717) is 13.1 Å². The van der Waals surface area contributed by atoms with Gasteiger partial charge in [0.2, 0.25) is 0 Å². The highest BCUT2D eigenvalue weighted by atomic mass is 127. The Kier molecular flexibility index (Phi) is 9.12. The summed E-state index contributed by atoms with van der Waals surface area (Å²) in [6.45, 7) is 7.19. The van der Waals surface area contributed by atoms with Crippen molar-refractivity contribution in [2.24, 2.45) is 4.99 Å². The third-order valence-electron chi connectivity index (χ3n) is 3.27. The van der Waals surface area contributed by atoms with Gasteiger partial charge < -0.3 is 15.1 Å². The van der Waals surface area contributed by atoms with Crippen molar-refractivity contribution in [3.8, 4) is 0 Å². The molecule has 0 bridgehead atoms. The molecular formula is C18H24IN3O. The lowest BCUT2D eigenvalue weighted by Crippen LogP contribution is -2.39. The molecule has 0 saturated carbocycles. The van der Waals surface area contributed by atoms with Crippen molar-refractivity contribution in [2.75, 3.05) is 13.1 Å². The van der Waals surface area contributed by atoms with Gasteiger partial charge in [-0.2, -0.15) is 0 Å². The Bertz CT molecular complexity index is 582. The van der Waals surface area contributed by atoms with Gasteiger partial charge in [-0.05, 0) is 24.6 Å². The normalized spacial score (nSPS) is 12.1. The van der Waals surface area contributed by atoms with Gasteiger partial charge in [-0.1, -0.05) is 36.4 Å². The molecule has 0 fully saturated rings. The van der Waals surface area contributed by atoms with Crippen LogP contribution < -0.4 is 10.6 Å². The van der Waals surface area contributed by atoms with Crippen LogP contribution in [0.1, 0.15) is 24.3 Å². The fourth-order valence-electron chi connectivity index (χ4n) is 2.08. The second-order valence-electron chi connectivity index (χ2n) is 5.01. The van der Waals surface area contributed by atoms with Crippen molar-refractivity contribution in [3.63, 3.8) is 0 Å². The summed E-state index contributed by atoms with van der Waals surface area (Å²) in [4.78, 5) is 4.59. The van der Waals surface area contributed by atoms with E-state index in [1.165, 1.54) is 5.56 Å². The van der Waals surface area contributed by atoms with Gasteiger partial charge in [-0.3, -0.25) is 4.99 Å². The molecule has 124 valence electrons. The topological polar surface area (TPSA) is 49.6 Å². The Balaban J connectivity index is 0.00000264. The van der Waals surface area contributed by atoms with E-state index in [0.717, 1.165) is 18.1 Å². The molecule has 1 aromatic heterocycles. The van der Waals surface area contributed by atoms with Crippen LogP contribution in [0, 0.1) is 0 Å². The van der Waals surface area contributed by atoms with Gasteiger partial charge in [0.05, 0.1) is 12.3 Å². The minimum absolute atomic E-state index is 0. The first-order valence-corrected chi connectivity index (χ1v) is 7.52. The zero-order valence-corrected chi connectivity index (χ0v) is 15.7. The monoisotopic (exact) mass is 425 g/mol. The number of nitrogens with zero attached hydrogens (tertiary/aromatic N) is 1.